The standard InChI is InChI=1S/C19H33N3O2/c1-15(14-22-11-7-5-6-8-12-22)21-17(23)9-10-18-20-13-16(24-18)19(2,3)4/h13,15H,5-12,14H2,1-4H3,(H,21,23)/t15-/m0/s1. The minimum atomic E-state index is -0.0464. The van der Waals surface area contributed by atoms with Gasteiger partial charge in [0.05, 0.1) is 6.20 Å². The monoisotopic (exact) mass is 335 g/mol. The highest BCUT2D eigenvalue weighted by molar-refractivity contribution is 5.76. The molecular weight excluding hydrogens is 302 g/mol. The maximum absolute atomic E-state index is 12.1. The topological polar surface area (TPSA) is 58.4 Å². The van der Waals surface area contributed by atoms with Gasteiger partial charge in [-0.3, -0.25) is 4.79 Å². The van der Waals surface area contributed by atoms with Crippen molar-refractivity contribution >= 4 is 5.91 Å². The molecule has 1 amide bonds. The molecule has 1 aromatic rings. The molecule has 2 heterocycles. The Morgan fingerprint density at radius 1 is 1.29 bits per heavy atom. The van der Waals surface area contributed by atoms with Crippen molar-refractivity contribution in [1.29, 1.82) is 0 Å². The maximum atomic E-state index is 12.1. The van der Waals surface area contributed by atoms with E-state index in [1.807, 2.05) is 0 Å². The molecule has 2 rings (SSSR count). The summed E-state index contributed by atoms with van der Waals surface area (Å²) < 4.78 is 5.74. The Bertz CT molecular complexity index is 511. The molecule has 1 N–H and O–H groups in total. The third-order valence-corrected chi connectivity index (χ3v) is 4.50. The van der Waals surface area contributed by atoms with E-state index in [1.165, 1.54) is 25.7 Å². The van der Waals surface area contributed by atoms with Crippen molar-refractivity contribution in [3.8, 4) is 0 Å². The molecule has 0 aliphatic carbocycles. The summed E-state index contributed by atoms with van der Waals surface area (Å²) in [6.07, 6.45) is 7.98. The van der Waals surface area contributed by atoms with E-state index in [-0.39, 0.29) is 17.4 Å². The number of likely N-dealkylation sites (tertiary alicyclic amines) is 1. The number of hydrogen-bond donors (Lipinski definition) is 1. The van der Waals surface area contributed by atoms with Crippen molar-refractivity contribution in [1.82, 2.24) is 15.2 Å². The number of carbonyl (C=O) groups is 1. The fraction of sp³-hybridized carbons (Fsp3) is 0.789. The second-order valence-electron chi connectivity index (χ2n) is 8.05. The van der Waals surface area contributed by atoms with Gasteiger partial charge in [0.15, 0.2) is 5.89 Å². The predicted octanol–water partition coefficient (Wildman–Crippen LogP) is 3.29. The molecule has 1 aliphatic heterocycles. The lowest BCUT2D eigenvalue weighted by atomic mass is 9.94. The fourth-order valence-corrected chi connectivity index (χ4v) is 3.09. The summed E-state index contributed by atoms with van der Waals surface area (Å²) in [5.41, 5.74) is -0.0464. The summed E-state index contributed by atoms with van der Waals surface area (Å²) >= 11 is 0. The quantitative estimate of drug-likeness (QED) is 0.867. The van der Waals surface area contributed by atoms with E-state index in [2.05, 4.69) is 42.9 Å². The van der Waals surface area contributed by atoms with Crippen LogP contribution in [0.4, 0.5) is 0 Å². The van der Waals surface area contributed by atoms with Gasteiger partial charge in [-0.2, -0.15) is 0 Å². The summed E-state index contributed by atoms with van der Waals surface area (Å²) in [5, 5.41) is 3.10. The molecule has 5 nitrogen and oxygen atoms in total. The van der Waals surface area contributed by atoms with Crippen LogP contribution < -0.4 is 5.32 Å². The number of amides is 1. The van der Waals surface area contributed by atoms with E-state index in [1.54, 1.807) is 6.20 Å². The molecule has 0 saturated carbocycles. The zero-order chi connectivity index (χ0) is 17.6. The fourth-order valence-electron chi connectivity index (χ4n) is 3.09. The van der Waals surface area contributed by atoms with Crippen LogP contribution in [0.15, 0.2) is 10.6 Å². The first-order valence-corrected chi connectivity index (χ1v) is 9.31. The average molecular weight is 335 g/mol. The van der Waals surface area contributed by atoms with Crippen molar-refractivity contribution in [2.24, 2.45) is 0 Å². The number of nitrogens with one attached hydrogen (secondary N) is 1. The molecule has 1 aromatic heterocycles. The molecule has 0 spiro atoms. The molecular formula is C19H33N3O2. The number of carbonyl (C=O) groups excluding carboxylic acids is 1. The van der Waals surface area contributed by atoms with Gasteiger partial charge in [-0.05, 0) is 32.9 Å². The van der Waals surface area contributed by atoms with Crippen molar-refractivity contribution in [3.05, 3.63) is 17.8 Å². The molecule has 0 bridgehead atoms. The third kappa shape index (κ3) is 6.27. The Morgan fingerprint density at radius 3 is 2.54 bits per heavy atom. The highest BCUT2D eigenvalue weighted by atomic mass is 16.4. The number of rotatable bonds is 6. The first kappa shape index (κ1) is 19.0. The van der Waals surface area contributed by atoms with Crippen LogP contribution in [0.25, 0.3) is 0 Å². The van der Waals surface area contributed by atoms with E-state index < -0.39 is 0 Å². The molecule has 1 aliphatic rings. The van der Waals surface area contributed by atoms with Crippen molar-refractivity contribution in [2.45, 2.75) is 77.7 Å². The van der Waals surface area contributed by atoms with Crippen molar-refractivity contribution in [3.63, 3.8) is 0 Å². The van der Waals surface area contributed by atoms with Crippen LogP contribution >= 0.6 is 0 Å². The van der Waals surface area contributed by atoms with Gasteiger partial charge >= 0.3 is 0 Å². The van der Waals surface area contributed by atoms with Gasteiger partial charge in [0.2, 0.25) is 5.91 Å². The molecule has 5 heteroatoms. The van der Waals surface area contributed by atoms with E-state index in [0.29, 0.717) is 18.7 Å². The van der Waals surface area contributed by atoms with Crippen LogP contribution in [-0.4, -0.2) is 41.5 Å². The first-order chi connectivity index (χ1) is 11.3. The molecule has 136 valence electrons. The van der Waals surface area contributed by atoms with Crippen LogP contribution in [0, 0.1) is 0 Å². The lowest BCUT2D eigenvalue weighted by Gasteiger charge is -2.24. The number of oxazole rings is 1. The molecule has 24 heavy (non-hydrogen) atoms. The van der Waals surface area contributed by atoms with Crippen LogP contribution in [0.2, 0.25) is 0 Å². The molecule has 0 aromatic carbocycles. The average Bonchev–Trinajstić information content (AvgIpc) is 2.84. The van der Waals surface area contributed by atoms with Gasteiger partial charge in [0, 0.05) is 30.8 Å². The van der Waals surface area contributed by atoms with Gasteiger partial charge in [0.1, 0.15) is 5.76 Å². The highest BCUT2D eigenvalue weighted by Gasteiger charge is 2.20. The van der Waals surface area contributed by atoms with E-state index in [9.17, 15) is 4.79 Å². The van der Waals surface area contributed by atoms with Gasteiger partial charge in [-0.25, -0.2) is 4.98 Å². The van der Waals surface area contributed by atoms with Crippen LogP contribution in [0.1, 0.15) is 71.5 Å². The number of aryl methyl sites for hydroxylation is 1. The summed E-state index contributed by atoms with van der Waals surface area (Å²) in [4.78, 5) is 18.9. The molecule has 0 unspecified atom stereocenters. The number of hydrogen-bond acceptors (Lipinski definition) is 4. The molecule has 0 radical (unpaired) electrons. The Labute approximate surface area is 146 Å². The molecule has 1 saturated heterocycles. The Kier molecular flexibility index (Phi) is 6.84. The van der Waals surface area contributed by atoms with E-state index >= 15 is 0 Å². The van der Waals surface area contributed by atoms with Crippen LogP contribution in [0.3, 0.4) is 0 Å². The maximum Gasteiger partial charge on any atom is 0.220 e. The van der Waals surface area contributed by atoms with Gasteiger partial charge in [0.25, 0.3) is 0 Å². The molecule has 1 fully saturated rings. The minimum absolute atomic E-state index is 0.0464. The molecule has 1 atom stereocenters. The Balaban J connectivity index is 1.71. The smallest absolute Gasteiger partial charge is 0.220 e. The van der Waals surface area contributed by atoms with E-state index in [4.69, 9.17) is 4.42 Å². The number of nitrogens with zero attached hydrogens (tertiary/aromatic N) is 2. The largest absolute Gasteiger partial charge is 0.445 e. The van der Waals surface area contributed by atoms with Gasteiger partial charge in [-0.15, -0.1) is 0 Å². The van der Waals surface area contributed by atoms with Gasteiger partial charge < -0.3 is 14.6 Å². The second-order valence-corrected chi connectivity index (χ2v) is 8.05. The van der Waals surface area contributed by atoms with Crippen molar-refractivity contribution < 1.29 is 9.21 Å². The first-order valence-electron chi connectivity index (χ1n) is 9.31. The van der Waals surface area contributed by atoms with Gasteiger partial charge in [-0.1, -0.05) is 33.6 Å². The van der Waals surface area contributed by atoms with Crippen molar-refractivity contribution in [2.75, 3.05) is 19.6 Å². The van der Waals surface area contributed by atoms with Crippen LogP contribution in [0.5, 0.6) is 0 Å². The predicted molar refractivity (Wildman–Crippen MR) is 96.0 cm³/mol. The Morgan fingerprint density at radius 2 is 1.96 bits per heavy atom. The third-order valence-electron chi connectivity index (χ3n) is 4.50. The highest BCUT2D eigenvalue weighted by Crippen LogP contribution is 2.23. The minimum Gasteiger partial charge on any atom is -0.445 e. The second kappa shape index (κ2) is 8.65. The van der Waals surface area contributed by atoms with Crippen LogP contribution in [-0.2, 0) is 16.6 Å². The zero-order valence-corrected chi connectivity index (χ0v) is 15.7. The summed E-state index contributed by atoms with van der Waals surface area (Å²) in [6.45, 7) is 11.6. The summed E-state index contributed by atoms with van der Waals surface area (Å²) in [6, 6.07) is 0.185. The summed E-state index contributed by atoms with van der Waals surface area (Å²) in [7, 11) is 0. The lowest BCUT2D eigenvalue weighted by Crippen LogP contribution is -2.42. The van der Waals surface area contributed by atoms with E-state index in [0.717, 1.165) is 25.4 Å². The Hall–Kier alpha value is -1.36. The summed E-state index contributed by atoms with van der Waals surface area (Å²) in [5.74, 6) is 1.59. The SMILES string of the molecule is C[C@@H](CN1CCCCCC1)NC(=O)CCc1ncc(C(C)(C)C)o1. The number of aromatic nitrogens is 1. The lowest BCUT2D eigenvalue weighted by molar-refractivity contribution is -0.121. The normalized spacial score (nSPS) is 18.2. The zero-order valence-electron chi connectivity index (χ0n) is 15.7.